The minimum absolute atomic E-state index is 0.404. The van der Waals surface area contributed by atoms with Crippen LogP contribution < -0.4 is 15.1 Å². The Balaban J connectivity index is 1.60. The Morgan fingerprint density at radius 3 is 2.65 bits per heavy atom. The molecule has 2 N–H and O–H groups in total. The number of rotatable bonds is 5. The molecule has 124 valence electrons. The summed E-state index contributed by atoms with van der Waals surface area (Å²) in [5.41, 5.74) is 1.08. The van der Waals surface area contributed by atoms with Crippen LogP contribution in [-0.4, -0.2) is 58.9 Å². The van der Waals surface area contributed by atoms with E-state index in [1.54, 1.807) is 24.6 Å². The molecule has 3 heterocycles. The van der Waals surface area contributed by atoms with Gasteiger partial charge < -0.3 is 20.2 Å². The minimum Gasteiger partial charge on any atom is -0.392 e. The number of hydrogen-bond acceptors (Lipinski definition) is 8. The van der Waals surface area contributed by atoms with E-state index in [1.165, 1.54) is 0 Å². The summed E-state index contributed by atoms with van der Waals surface area (Å²) < 4.78 is 0. The maximum atomic E-state index is 9.34. The molecule has 23 heavy (non-hydrogen) atoms. The molecule has 2 aromatic heterocycles. The van der Waals surface area contributed by atoms with Crippen molar-refractivity contribution in [2.75, 3.05) is 47.8 Å². The van der Waals surface area contributed by atoms with Crippen LogP contribution >= 0.6 is 11.3 Å². The van der Waals surface area contributed by atoms with E-state index in [0.717, 1.165) is 48.6 Å². The molecule has 0 radical (unpaired) electrons. The van der Waals surface area contributed by atoms with Crippen LogP contribution in [0, 0.1) is 6.92 Å². The number of aliphatic hydroxyl groups is 1. The fraction of sp³-hybridized carbons (Fsp3) is 0.533. The molecular formula is C15H22N6OS. The first kappa shape index (κ1) is 15.9. The van der Waals surface area contributed by atoms with Gasteiger partial charge in [0.05, 0.1) is 11.8 Å². The quantitative estimate of drug-likeness (QED) is 0.855. The van der Waals surface area contributed by atoms with Crippen LogP contribution in [0.3, 0.4) is 0 Å². The molecule has 0 bridgehead atoms. The van der Waals surface area contributed by atoms with Crippen LogP contribution in [0.25, 0.3) is 0 Å². The molecule has 1 saturated heterocycles. The highest BCUT2D eigenvalue weighted by atomic mass is 32.1. The first-order valence-corrected chi connectivity index (χ1v) is 8.66. The third kappa shape index (κ3) is 4.08. The van der Waals surface area contributed by atoms with Crippen LogP contribution in [0.5, 0.6) is 0 Å². The van der Waals surface area contributed by atoms with Crippen molar-refractivity contribution in [3.8, 4) is 0 Å². The van der Waals surface area contributed by atoms with Crippen molar-refractivity contribution in [3.63, 3.8) is 0 Å². The highest BCUT2D eigenvalue weighted by Crippen LogP contribution is 2.23. The molecule has 1 atom stereocenters. The average Bonchev–Trinajstić information content (AvgIpc) is 3.00. The average molecular weight is 334 g/mol. The Labute approximate surface area is 140 Å². The molecular weight excluding hydrogens is 312 g/mol. The second-order valence-electron chi connectivity index (χ2n) is 5.74. The molecule has 1 unspecified atom stereocenters. The smallest absolute Gasteiger partial charge is 0.185 e. The van der Waals surface area contributed by atoms with Crippen molar-refractivity contribution >= 4 is 28.1 Å². The summed E-state index contributed by atoms with van der Waals surface area (Å²) >= 11 is 1.70. The zero-order chi connectivity index (χ0) is 16.2. The standard InChI is InChI=1S/C15H22N6OS/c1-11-9-23-15(19-11)21-5-3-20(4-6-21)14-7-13(17-10-18-14)16-8-12(2)22/h7,9-10,12,22H,3-6,8H2,1-2H3,(H,16,17,18). The Hall–Kier alpha value is -1.93. The highest BCUT2D eigenvalue weighted by Gasteiger charge is 2.20. The Kier molecular flexibility index (Phi) is 4.92. The second-order valence-corrected chi connectivity index (χ2v) is 6.57. The Morgan fingerprint density at radius 1 is 1.26 bits per heavy atom. The molecule has 0 saturated carbocycles. The molecule has 1 aliphatic rings. The van der Waals surface area contributed by atoms with Crippen molar-refractivity contribution in [1.29, 1.82) is 0 Å². The number of aryl methyl sites for hydroxylation is 1. The third-order valence-electron chi connectivity index (χ3n) is 3.71. The van der Waals surface area contributed by atoms with Crippen LogP contribution in [0.1, 0.15) is 12.6 Å². The Bertz CT molecular complexity index is 638. The molecule has 0 aromatic carbocycles. The third-order valence-corrected chi connectivity index (χ3v) is 4.73. The van der Waals surface area contributed by atoms with E-state index in [-0.39, 0.29) is 0 Å². The number of aliphatic hydroxyl groups excluding tert-OH is 1. The van der Waals surface area contributed by atoms with Gasteiger partial charge in [-0.05, 0) is 13.8 Å². The maximum Gasteiger partial charge on any atom is 0.185 e. The van der Waals surface area contributed by atoms with Gasteiger partial charge in [0, 0.05) is 44.2 Å². The lowest BCUT2D eigenvalue weighted by molar-refractivity contribution is 0.208. The van der Waals surface area contributed by atoms with E-state index in [0.29, 0.717) is 6.54 Å². The molecule has 1 aliphatic heterocycles. The zero-order valence-corrected chi connectivity index (χ0v) is 14.3. The molecule has 2 aromatic rings. The number of nitrogens with zero attached hydrogens (tertiary/aromatic N) is 5. The highest BCUT2D eigenvalue weighted by molar-refractivity contribution is 7.13. The van der Waals surface area contributed by atoms with Crippen molar-refractivity contribution in [2.24, 2.45) is 0 Å². The molecule has 0 amide bonds. The van der Waals surface area contributed by atoms with E-state index in [2.05, 4.69) is 35.4 Å². The minimum atomic E-state index is -0.404. The van der Waals surface area contributed by atoms with Gasteiger partial charge in [-0.2, -0.15) is 0 Å². The van der Waals surface area contributed by atoms with Gasteiger partial charge in [-0.1, -0.05) is 0 Å². The number of thiazole rings is 1. The normalized spacial score (nSPS) is 16.5. The predicted molar refractivity (Wildman–Crippen MR) is 93.5 cm³/mol. The SMILES string of the molecule is Cc1csc(N2CCN(c3cc(NCC(C)O)ncn3)CC2)n1. The lowest BCUT2D eigenvalue weighted by Gasteiger charge is -2.35. The van der Waals surface area contributed by atoms with Gasteiger partial charge >= 0.3 is 0 Å². The van der Waals surface area contributed by atoms with Crippen molar-refractivity contribution < 1.29 is 5.11 Å². The monoisotopic (exact) mass is 334 g/mol. The van der Waals surface area contributed by atoms with Gasteiger partial charge in [0.25, 0.3) is 0 Å². The largest absolute Gasteiger partial charge is 0.392 e. The number of hydrogen-bond donors (Lipinski definition) is 2. The topological polar surface area (TPSA) is 77.4 Å². The summed E-state index contributed by atoms with van der Waals surface area (Å²) in [5.74, 6) is 1.66. The fourth-order valence-corrected chi connectivity index (χ4v) is 3.34. The summed E-state index contributed by atoms with van der Waals surface area (Å²) in [5, 5.41) is 15.6. The number of piperazine rings is 1. The van der Waals surface area contributed by atoms with Gasteiger partial charge in [0.1, 0.15) is 18.0 Å². The molecule has 0 spiro atoms. The van der Waals surface area contributed by atoms with Crippen LogP contribution in [0.15, 0.2) is 17.8 Å². The molecule has 1 fully saturated rings. The van der Waals surface area contributed by atoms with Crippen LogP contribution in [0.4, 0.5) is 16.8 Å². The van der Waals surface area contributed by atoms with Crippen LogP contribution in [-0.2, 0) is 0 Å². The van der Waals surface area contributed by atoms with Gasteiger partial charge in [0.15, 0.2) is 5.13 Å². The zero-order valence-electron chi connectivity index (χ0n) is 13.4. The molecule has 3 rings (SSSR count). The molecule has 8 heteroatoms. The lowest BCUT2D eigenvalue weighted by atomic mass is 10.3. The number of aromatic nitrogens is 3. The summed E-state index contributed by atoms with van der Waals surface area (Å²) in [6.07, 6.45) is 1.16. The lowest BCUT2D eigenvalue weighted by Crippen LogP contribution is -2.46. The second kappa shape index (κ2) is 7.10. The van der Waals surface area contributed by atoms with E-state index >= 15 is 0 Å². The summed E-state index contributed by atoms with van der Waals surface area (Å²) in [4.78, 5) is 17.7. The summed E-state index contributed by atoms with van der Waals surface area (Å²) in [7, 11) is 0. The summed E-state index contributed by atoms with van der Waals surface area (Å²) in [6, 6.07) is 1.94. The number of anilines is 3. The van der Waals surface area contributed by atoms with Crippen molar-refractivity contribution in [2.45, 2.75) is 20.0 Å². The number of nitrogens with one attached hydrogen (secondary N) is 1. The first-order chi connectivity index (χ1) is 11.1. The van der Waals surface area contributed by atoms with E-state index < -0.39 is 6.10 Å². The van der Waals surface area contributed by atoms with Crippen molar-refractivity contribution in [3.05, 3.63) is 23.5 Å². The molecule has 7 nitrogen and oxygen atoms in total. The van der Waals surface area contributed by atoms with Crippen LogP contribution in [0.2, 0.25) is 0 Å². The first-order valence-electron chi connectivity index (χ1n) is 7.78. The van der Waals surface area contributed by atoms with Crippen molar-refractivity contribution in [1.82, 2.24) is 15.0 Å². The van der Waals surface area contributed by atoms with E-state index in [9.17, 15) is 5.11 Å². The van der Waals surface area contributed by atoms with Gasteiger partial charge in [0.2, 0.25) is 0 Å². The predicted octanol–water partition coefficient (Wildman–Crippen LogP) is 1.36. The van der Waals surface area contributed by atoms with Gasteiger partial charge in [-0.25, -0.2) is 15.0 Å². The fourth-order valence-electron chi connectivity index (χ4n) is 2.48. The van der Waals surface area contributed by atoms with E-state index in [4.69, 9.17) is 0 Å². The Morgan fingerprint density at radius 2 is 2.00 bits per heavy atom. The maximum absolute atomic E-state index is 9.34. The van der Waals surface area contributed by atoms with Gasteiger partial charge in [-0.3, -0.25) is 0 Å². The van der Waals surface area contributed by atoms with E-state index in [1.807, 2.05) is 13.0 Å². The van der Waals surface area contributed by atoms with Gasteiger partial charge in [-0.15, -0.1) is 11.3 Å². The summed E-state index contributed by atoms with van der Waals surface area (Å²) in [6.45, 7) is 7.94. The molecule has 0 aliphatic carbocycles.